The fraction of sp³-hybridized carbons (Fsp3) is 0.357. The molecule has 0 spiro atoms. The Balaban J connectivity index is 2.27. The topological polar surface area (TPSA) is 38.1 Å². The predicted octanol–water partition coefficient (Wildman–Crippen LogP) is 3.07. The predicted molar refractivity (Wildman–Crippen MR) is 68.8 cm³/mol. The average molecular weight is 230 g/mol. The Morgan fingerprint density at radius 1 is 1.29 bits per heavy atom. The lowest BCUT2D eigenvalue weighted by Gasteiger charge is -2.03. The number of nitrogens with zero attached hydrogens (tertiary/aromatic N) is 1. The highest BCUT2D eigenvalue weighted by Gasteiger charge is 2.08. The molecule has 0 aliphatic carbocycles. The summed E-state index contributed by atoms with van der Waals surface area (Å²) in [6.45, 7) is 7.83. The van der Waals surface area contributed by atoms with Gasteiger partial charge >= 0.3 is 0 Å². The first kappa shape index (κ1) is 11.9. The first-order valence-electron chi connectivity index (χ1n) is 5.93. The number of nitrogens with one attached hydrogen (secondary N) is 1. The van der Waals surface area contributed by atoms with Crippen LogP contribution in [0.25, 0.3) is 11.3 Å². The Morgan fingerprint density at radius 2 is 2.12 bits per heavy atom. The van der Waals surface area contributed by atoms with Crippen LogP contribution in [0, 0.1) is 13.8 Å². The van der Waals surface area contributed by atoms with Crippen LogP contribution in [0.15, 0.2) is 28.8 Å². The van der Waals surface area contributed by atoms with Crippen LogP contribution in [0.3, 0.4) is 0 Å². The molecular weight excluding hydrogens is 212 g/mol. The van der Waals surface area contributed by atoms with Gasteiger partial charge in [0.05, 0.1) is 12.7 Å². The van der Waals surface area contributed by atoms with E-state index in [1.54, 1.807) is 6.20 Å². The van der Waals surface area contributed by atoms with E-state index in [2.05, 4.69) is 49.3 Å². The van der Waals surface area contributed by atoms with Crippen molar-refractivity contribution >= 4 is 0 Å². The lowest BCUT2D eigenvalue weighted by Crippen LogP contribution is -2.11. The van der Waals surface area contributed by atoms with Crippen molar-refractivity contribution in [2.24, 2.45) is 0 Å². The molecule has 90 valence electrons. The smallest absolute Gasteiger partial charge is 0.208 e. The molecule has 17 heavy (non-hydrogen) atoms. The van der Waals surface area contributed by atoms with E-state index < -0.39 is 0 Å². The van der Waals surface area contributed by atoms with Crippen molar-refractivity contribution in [3.8, 4) is 11.3 Å². The standard InChI is InChI=1S/C14H18N2O/c1-4-15-9-14-16-8-13(17-14)12-7-10(2)5-6-11(12)3/h5-8,15H,4,9H2,1-3H3. The van der Waals surface area contributed by atoms with Crippen LogP contribution in [0.4, 0.5) is 0 Å². The molecule has 2 aromatic rings. The molecule has 0 amide bonds. The van der Waals surface area contributed by atoms with Crippen molar-refractivity contribution in [2.45, 2.75) is 27.3 Å². The number of benzene rings is 1. The zero-order valence-corrected chi connectivity index (χ0v) is 10.6. The van der Waals surface area contributed by atoms with Crippen LogP contribution in [0.5, 0.6) is 0 Å². The van der Waals surface area contributed by atoms with Gasteiger partial charge in [-0.1, -0.05) is 24.6 Å². The fourth-order valence-corrected chi connectivity index (χ4v) is 1.75. The summed E-state index contributed by atoms with van der Waals surface area (Å²) in [5, 5.41) is 3.20. The van der Waals surface area contributed by atoms with Gasteiger partial charge < -0.3 is 9.73 Å². The molecule has 1 aromatic carbocycles. The average Bonchev–Trinajstić information content (AvgIpc) is 2.78. The van der Waals surface area contributed by atoms with Gasteiger partial charge in [-0.15, -0.1) is 0 Å². The fourth-order valence-electron chi connectivity index (χ4n) is 1.75. The van der Waals surface area contributed by atoms with Crippen molar-refractivity contribution in [1.29, 1.82) is 0 Å². The van der Waals surface area contributed by atoms with E-state index in [1.807, 2.05) is 0 Å². The van der Waals surface area contributed by atoms with Crippen molar-refractivity contribution in [3.63, 3.8) is 0 Å². The van der Waals surface area contributed by atoms with E-state index in [1.165, 1.54) is 11.1 Å². The minimum Gasteiger partial charge on any atom is -0.439 e. The Morgan fingerprint density at radius 3 is 2.88 bits per heavy atom. The number of aromatic nitrogens is 1. The lowest BCUT2D eigenvalue weighted by molar-refractivity contribution is 0.482. The van der Waals surface area contributed by atoms with Crippen LogP contribution in [-0.4, -0.2) is 11.5 Å². The summed E-state index contributed by atoms with van der Waals surface area (Å²) in [7, 11) is 0. The molecule has 3 heteroatoms. The van der Waals surface area contributed by atoms with Gasteiger partial charge in [-0.05, 0) is 32.0 Å². The first-order chi connectivity index (χ1) is 8.20. The number of rotatable bonds is 4. The van der Waals surface area contributed by atoms with Crippen LogP contribution >= 0.6 is 0 Å². The van der Waals surface area contributed by atoms with Gasteiger partial charge in [0.1, 0.15) is 0 Å². The molecule has 3 nitrogen and oxygen atoms in total. The van der Waals surface area contributed by atoms with Crippen LogP contribution in [0.2, 0.25) is 0 Å². The maximum absolute atomic E-state index is 5.73. The molecule has 0 atom stereocenters. The molecule has 0 saturated heterocycles. The molecule has 1 heterocycles. The minimum atomic E-state index is 0.682. The van der Waals surface area contributed by atoms with Gasteiger partial charge in [0, 0.05) is 5.56 Å². The molecular formula is C14H18N2O. The monoisotopic (exact) mass is 230 g/mol. The van der Waals surface area contributed by atoms with Gasteiger partial charge in [-0.2, -0.15) is 0 Å². The summed E-state index contributed by atoms with van der Waals surface area (Å²) in [6, 6.07) is 6.35. The maximum atomic E-state index is 5.73. The summed E-state index contributed by atoms with van der Waals surface area (Å²) < 4.78 is 5.73. The van der Waals surface area contributed by atoms with Gasteiger partial charge in [0.25, 0.3) is 0 Å². The molecule has 0 bridgehead atoms. The van der Waals surface area contributed by atoms with Crippen LogP contribution < -0.4 is 5.32 Å². The van der Waals surface area contributed by atoms with E-state index >= 15 is 0 Å². The zero-order valence-electron chi connectivity index (χ0n) is 10.6. The normalized spacial score (nSPS) is 10.8. The summed E-state index contributed by atoms with van der Waals surface area (Å²) in [5.41, 5.74) is 3.57. The van der Waals surface area contributed by atoms with Gasteiger partial charge in [-0.25, -0.2) is 4.98 Å². The molecule has 0 fully saturated rings. The molecule has 1 aromatic heterocycles. The second kappa shape index (κ2) is 5.15. The first-order valence-corrected chi connectivity index (χ1v) is 5.93. The molecule has 0 aliphatic rings. The quantitative estimate of drug-likeness (QED) is 0.877. The van der Waals surface area contributed by atoms with Crippen molar-refractivity contribution in [3.05, 3.63) is 41.4 Å². The molecule has 0 unspecified atom stereocenters. The maximum Gasteiger partial charge on any atom is 0.208 e. The third-order valence-electron chi connectivity index (χ3n) is 2.74. The third kappa shape index (κ3) is 2.74. The molecule has 0 radical (unpaired) electrons. The SMILES string of the molecule is CCNCc1ncc(-c2cc(C)ccc2C)o1. The third-order valence-corrected chi connectivity index (χ3v) is 2.74. The van der Waals surface area contributed by atoms with E-state index in [9.17, 15) is 0 Å². The highest BCUT2D eigenvalue weighted by atomic mass is 16.4. The van der Waals surface area contributed by atoms with E-state index in [-0.39, 0.29) is 0 Å². The minimum absolute atomic E-state index is 0.682. The molecule has 2 rings (SSSR count). The number of aryl methyl sites for hydroxylation is 2. The Kier molecular flexibility index (Phi) is 3.59. The van der Waals surface area contributed by atoms with Crippen molar-refractivity contribution in [2.75, 3.05) is 6.54 Å². The zero-order chi connectivity index (χ0) is 12.3. The number of hydrogen-bond donors (Lipinski definition) is 1. The Bertz CT molecular complexity index is 503. The van der Waals surface area contributed by atoms with E-state index in [4.69, 9.17) is 4.42 Å². The van der Waals surface area contributed by atoms with E-state index in [0.29, 0.717) is 6.54 Å². The highest BCUT2D eigenvalue weighted by molar-refractivity contribution is 5.62. The van der Waals surface area contributed by atoms with Crippen LogP contribution in [0.1, 0.15) is 23.9 Å². The number of hydrogen-bond acceptors (Lipinski definition) is 3. The summed E-state index contributed by atoms with van der Waals surface area (Å²) in [4.78, 5) is 4.27. The number of oxazole rings is 1. The van der Waals surface area contributed by atoms with Crippen molar-refractivity contribution < 1.29 is 4.42 Å². The van der Waals surface area contributed by atoms with Crippen LogP contribution in [-0.2, 0) is 6.54 Å². The Labute approximate surface area is 102 Å². The summed E-state index contributed by atoms with van der Waals surface area (Å²) >= 11 is 0. The lowest BCUT2D eigenvalue weighted by atomic mass is 10.0. The van der Waals surface area contributed by atoms with Crippen molar-refractivity contribution in [1.82, 2.24) is 10.3 Å². The second-order valence-corrected chi connectivity index (χ2v) is 4.22. The molecule has 1 N–H and O–H groups in total. The Hall–Kier alpha value is -1.61. The largest absolute Gasteiger partial charge is 0.439 e. The van der Waals surface area contributed by atoms with Gasteiger partial charge in [-0.3, -0.25) is 0 Å². The van der Waals surface area contributed by atoms with E-state index in [0.717, 1.165) is 23.8 Å². The van der Waals surface area contributed by atoms with Gasteiger partial charge in [0.2, 0.25) is 5.89 Å². The molecule has 0 aliphatic heterocycles. The van der Waals surface area contributed by atoms with Gasteiger partial charge in [0.15, 0.2) is 5.76 Å². The highest BCUT2D eigenvalue weighted by Crippen LogP contribution is 2.25. The summed E-state index contributed by atoms with van der Waals surface area (Å²) in [6.07, 6.45) is 1.80. The summed E-state index contributed by atoms with van der Waals surface area (Å²) in [5.74, 6) is 1.59. The second-order valence-electron chi connectivity index (χ2n) is 4.22. The molecule has 0 saturated carbocycles.